The predicted octanol–water partition coefficient (Wildman–Crippen LogP) is 2.51. The highest BCUT2D eigenvalue weighted by atomic mass is 19.1. The summed E-state index contributed by atoms with van der Waals surface area (Å²) in [4.78, 5) is 12.1. The molecule has 4 nitrogen and oxygen atoms in total. The first-order valence-corrected chi connectivity index (χ1v) is 7.63. The van der Waals surface area contributed by atoms with Crippen LogP contribution in [0.25, 0.3) is 0 Å². The monoisotopic (exact) mass is 314 g/mol. The van der Waals surface area contributed by atoms with Crippen LogP contribution in [0.4, 0.5) is 4.39 Å². The Morgan fingerprint density at radius 2 is 2.09 bits per heavy atom. The molecule has 1 unspecified atom stereocenters. The van der Waals surface area contributed by atoms with Crippen LogP contribution in [0, 0.1) is 5.82 Å². The summed E-state index contributed by atoms with van der Waals surface area (Å²) in [5, 5.41) is 6.14. The molecule has 5 heteroatoms. The van der Waals surface area contributed by atoms with Gasteiger partial charge in [-0.2, -0.15) is 0 Å². The van der Waals surface area contributed by atoms with Crippen LogP contribution in [0.15, 0.2) is 42.5 Å². The van der Waals surface area contributed by atoms with Gasteiger partial charge in [0.1, 0.15) is 11.6 Å². The Hall–Kier alpha value is -2.40. The van der Waals surface area contributed by atoms with Crippen molar-refractivity contribution in [2.45, 2.75) is 32.7 Å². The molecule has 2 N–H and O–H groups in total. The highest BCUT2D eigenvalue weighted by Crippen LogP contribution is 2.17. The summed E-state index contributed by atoms with van der Waals surface area (Å²) < 4.78 is 18.6. The number of benzene rings is 2. The molecule has 2 aromatic carbocycles. The molecule has 0 fully saturated rings. The molecule has 0 radical (unpaired) electrons. The molecule has 0 spiro atoms. The van der Waals surface area contributed by atoms with Crippen molar-refractivity contribution < 1.29 is 13.9 Å². The minimum absolute atomic E-state index is 0.229. The van der Waals surface area contributed by atoms with Crippen LogP contribution in [-0.4, -0.2) is 12.0 Å². The first-order valence-electron chi connectivity index (χ1n) is 7.63. The van der Waals surface area contributed by atoms with Crippen LogP contribution in [0.5, 0.6) is 5.75 Å². The maximum Gasteiger partial charge on any atom is 0.261 e. The van der Waals surface area contributed by atoms with Crippen molar-refractivity contribution in [3.63, 3.8) is 0 Å². The highest BCUT2D eigenvalue weighted by Gasteiger charge is 2.15. The smallest absolute Gasteiger partial charge is 0.261 e. The molecule has 0 aliphatic carbocycles. The van der Waals surface area contributed by atoms with E-state index in [0.717, 1.165) is 18.7 Å². The SMILES string of the molecule is CC(Oc1cccc(F)c1)C(=O)NCc1ccc2c(c1)CNC2. The summed E-state index contributed by atoms with van der Waals surface area (Å²) in [5.41, 5.74) is 3.64. The summed E-state index contributed by atoms with van der Waals surface area (Å²) >= 11 is 0. The van der Waals surface area contributed by atoms with Crippen molar-refractivity contribution in [3.05, 3.63) is 65.0 Å². The van der Waals surface area contributed by atoms with Gasteiger partial charge in [0.25, 0.3) is 5.91 Å². The Morgan fingerprint density at radius 3 is 2.91 bits per heavy atom. The van der Waals surface area contributed by atoms with Gasteiger partial charge in [-0.05, 0) is 35.7 Å². The third-order valence-electron chi connectivity index (χ3n) is 3.85. The number of hydrogen-bond donors (Lipinski definition) is 2. The number of carbonyl (C=O) groups is 1. The molecule has 1 heterocycles. The maximum absolute atomic E-state index is 13.1. The number of nitrogens with one attached hydrogen (secondary N) is 2. The fraction of sp³-hybridized carbons (Fsp3) is 0.278. The minimum Gasteiger partial charge on any atom is -0.481 e. The van der Waals surface area contributed by atoms with Gasteiger partial charge in [-0.1, -0.05) is 24.3 Å². The van der Waals surface area contributed by atoms with E-state index in [0.29, 0.717) is 12.3 Å². The normalized spacial score (nSPS) is 14.2. The van der Waals surface area contributed by atoms with E-state index in [1.54, 1.807) is 19.1 Å². The van der Waals surface area contributed by atoms with Gasteiger partial charge < -0.3 is 15.4 Å². The van der Waals surface area contributed by atoms with Crippen LogP contribution in [0.3, 0.4) is 0 Å². The molecule has 120 valence electrons. The lowest BCUT2D eigenvalue weighted by atomic mass is 10.1. The van der Waals surface area contributed by atoms with E-state index in [2.05, 4.69) is 22.8 Å². The Morgan fingerprint density at radius 1 is 1.26 bits per heavy atom. The molecular weight excluding hydrogens is 295 g/mol. The number of ether oxygens (including phenoxy) is 1. The summed E-state index contributed by atoms with van der Waals surface area (Å²) in [6.07, 6.45) is -0.687. The van der Waals surface area contributed by atoms with Crippen molar-refractivity contribution in [2.24, 2.45) is 0 Å². The van der Waals surface area contributed by atoms with Gasteiger partial charge >= 0.3 is 0 Å². The first kappa shape index (κ1) is 15.5. The zero-order valence-electron chi connectivity index (χ0n) is 12.9. The van der Waals surface area contributed by atoms with E-state index in [4.69, 9.17) is 4.74 Å². The van der Waals surface area contributed by atoms with Gasteiger partial charge in [-0.3, -0.25) is 4.79 Å². The molecular formula is C18H19FN2O2. The minimum atomic E-state index is -0.687. The molecule has 23 heavy (non-hydrogen) atoms. The Kier molecular flexibility index (Phi) is 4.57. The van der Waals surface area contributed by atoms with Gasteiger partial charge in [0.2, 0.25) is 0 Å². The summed E-state index contributed by atoms with van der Waals surface area (Å²) in [7, 11) is 0. The van der Waals surface area contributed by atoms with Crippen LogP contribution < -0.4 is 15.4 Å². The number of hydrogen-bond acceptors (Lipinski definition) is 3. The summed E-state index contributed by atoms with van der Waals surface area (Å²) in [6.45, 7) is 3.87. The molecule has 0 bridgehead atoms. The zero-order valence-corrected chi connectivity index (χ0v) is 12.9. The molecule has 1 amide bonds. The van der Waals surface area contributed by atoms with Crippen molar-refractivity contribution in [1.29, 1.82) is 0 Å². The second-order valence-electron chi connectivity index (χ2n) is 5.64. The third kappa shape index (κ3) is 3.87. The molecule has 0 aromatic heterocycles. The van der Waals surface area contributed by atoms with E-state index >= 15 is 0 Å². The molecule has 0 saturated carbocycles. The summed E-state index contributed by atoms with van der Waals surface area (Å²) in [5.74, 6) is -0.272. The van der Waals surface area contributed by atoms with Crippen molar-refractivity contribution in [1.82, 2.24) is 10.6 Å². The number of carbonyl (C=O) groups excluding carboxylic acids is 1. The van der Waals surface area contributed by atoms with E-state index in [1.165, 1.54) is 23.3 Å². The third-order valence-corrected chi connectivity index (χ3v) is 3.85. The van der Waals surface area contributed by atoms with Crippen LogP contribution >= 0.6 is 0 Å². The van der Waals surface area contributed by atoms with Crippen LogP contribution in [0.1, 0.15) is 23.6 Å². The maximum atomic E-state index is 13.1. The van der Waals surface area contributed by atoms with Gasteiger partial charge in [-0.25, -0.2) is 4.39 Å². The quantitative estimate of drug-likeness (QED) is 0.891. The van der Waals surface area contributed by atoms with Gasteiger partial charge in [0.15, 0.2) is 6.10 Å². The number of fused-ring (bicyclic) bond motifs is 1. The topological polar surface area (TPSA) is 50.4 Å². The van der Waals surface area contributed by atoms with Crippen molar-refractivity contribution in [3.8, 4) is 5.75 Å². The number of amides is 1. The van der Waals surface area contributed by atoms with E-state index in [9.17, 15) is 9.18 Å². The first-order chi connectivity index (χ1) is 11.1. The van der Waals surface area contributed by atoms with Crippen molar-refractivity contribution in [2.75, 3.05) is 0 Å². The van der Waals surface area contributed by atoms with Crippen LogP contribution in [0.2, 0.25) is 0 Å². The largest absolute Gasteiger partial charge is 0.481 e. The molecule has 1 aliphatic heterocycles. The summed E-state index contributed by atoms with van der Waals surface area (Å²) in [6, 6.07) is 12.0. The fourth-order valence-corrected chi connectivity index (χ4v) is 2.59. The number of halogens is 1. The zero-order chi connectivity index (χ0) is 16.2. The second kappa shape index (κ2) is 6.79. The fourth-order valence-electron chi connectivity index (χ4n) is 2.59. The van der Waals surface area contributed by atoms with Crippen molar-refractivity contribution >= 4 is 5.91 Å². The highest BCUT2D eigenvalue weighted by molar-refractivity contribution is 5.80. The number of rotatable bonds is 5. The van der Waals surface area contributed by atoms with E-state index in [-0.39, 0.29) is 11.7 Å². The Labute approximate surface area is 134 Å². The van der Waals surface area contributed by atoms with Gasteiger partial charge in [0.05, 0.1) is 0 Å². The Bertz CT molecular complexity index is 718. The lowest BCUT2D eigenvalue weighted by molar-refractivity contribution is -0.127. The van der Waals surface area contributed by atoms with Gasteiger partial charge in [0, 0.05) is 25.7 Å². The average Bonchev–Trinajstić information content (AvgIpc) is 3.00. The lowest BCUT2D eigenvalue weighted by Crippen LogP contribution is -2.35. The Balaban J connectivity index is 1.54. The second-order valence-corrected chi connectivity index (χ2v) is 5.64. The molecule has 2 aromatic rings. The van der Waals surface area contributed by atoms with E-state index < -0.39 is 6.10 Å². The molecule has 1 atom stereocenters. The van der Waals surface area contributed by atoms with E-state index in [1.807, 2.05) is 6.07 Å². The standard InChI is InChI=1S/C18H19FN2O2/c1-12(23-17-4-2-3-16(19)8-17)18(22)21-9-13-5-6-14-10-20-11-15(14)7-13/h2-8,12,20H,9-11H2,1H3,(H,21,22). The molecule has 1 aliphatic rings. The van der Waals surface area contributed by atoms with Gasteiger partial charge in [-0.15, -0.1) is 0 Å². The lowest BCUT2D eigenvalue weighted by Gasteiger charge is -2.15. The average molecular weight is 314 g/mol. The predicted molar refractivity (Wildman–Crippen MR) is 85.3 cm³/mol. The molecule has 0 saturated heterocycles. The van der Waals surface area contributed by atoms with Crippen LogP contribution in [-0.2, 0) is 24.4 Å². The molecule has 3 rings (SSSR count).